The average molecular weight is 329 g/mol. The van der Waals surface area contributed by atoms with Crippen molar-refractivity contribution in [2.24, 2.45) is 5.92 Å². The minimum atomic E-state index is 0. The van der Waals surface area contributed by atoms with Gasteiger partial charge in [0, 0.05) is 11.1 Å². The van der Waals surface area contributed by atoms with Crippen molar-refractivity contribution in [2.45, 2.75) is 13.8 Å². The van der Waals surface area contributed by atoms with Crippen LogP contribution in [0.2, 0.25) is 0 Å². The molecular weight excluding hydrogens is 308 g/mol. The zero-order valence-electron chi connectivity index (χ0n) is 13.3. The molecule has 0 unspecified atom stereocenters. The molecule has 0 aliphatic heterocycles. The van der Waals surface area contributed by atoms with E-state index in [0.717, 1.165) is 35.0 Å². The molecular formula is C19H21ClN2O. The van der Waals surface area contributed by atoms with Gasteiger partial charge in [-0.1, -0.05) is 56.3 Å². The monoisotopic (exact) mass is 328 g/mol. The molecule has 0 fully saturated rings. The molecule has 2 aromatic carbocycles. The highest BCUT2D eigenvalue weighted by Gasteiger charge is 2.06. The Morgan fingerprint density at radius 1 is 1.00 bits per heavy atom. The van der Waals surface area contributed by atoms with Gasteiger partial charge in [0.1, 0.15) is 11.6 Å². The smallest absolute Gasteiger partial charge is 0.137 e. The Morgan fingerprint density at radius 2 is 1.74 bits per heavy atom. The Morgan fingerprint density at radius 3 is 2.48 bits per heavy atom. The number of ether oxygens (including phenoxy) is 1. The third kappa shape index (κ3) is 4.36. The second-order valence-electron chi connectivity index (χ2n) is 5.74. The van der Waals surface area contributed by atoms with E-state index in [-0.39, 0.29) is 12.4 Å². The molecule has 23 heavy (non-hydrogen) atoms. The van der Waals surface area contributed by atoms with Crippen LogP contribution in [-0.2, 0) is 0 Å². The number of nitrogens with zero attached hydrogens (tertiary/aromatic N) is 1. The Hall–Kier alpha value is -2.26. The molecule has 0 atom stereocenters. The lowest BCUT2D eigenvalue weighted by molar-refractivity contribution is 0.271. The van der Waals surface area contributed by atoms with Crippen molar-refractivity contribution < 1.29 is 4.74 Å². The number of aromatic nitrogens is 2. The number of imidazole rings is 1. The van der Waals surface area contributed by atoms with Crippen molar-refractivity contribution >= 4 is 12.4 Å². The van der Waals surface area contributed by atoms with E-state index in [1.54, 1.807) is 0 Å². The largest absolute Gasteiger partial charge is 0.493 e. The normalized spacial score (nSPS) is 10.4. The topological polar surface area (TPSA) is 37.9 Å². The zero-order chi connectivity index (χ0) is 15.4. The molecule has 120 valence electrons. The van der Waals surface area contributed by atoms with E-state index in [9.17, 15) is 0 Å². The van der Waals surface area contributed by atoms with Gasteiger partial charge in [-0.25, -0.2) is 4.98 Å². The van der Waals surface area contributed by atoms with Crippen LogP contribution in [0, 0.1) is 5.92 Å². The number of aromatic amines is 1. The summed E-state index contributed by atoms with van der Waals surface area (Å²) in [6.07, 6.45) is 1.86. The summed E-state index contributed by atoms with van der Waals surface area (Å²) < 4.78 is 5.79. The van der Waals surface area contributed by atoms with Gasteiger partial charge in [0.15, 0.2) is 0 Å². The predicted octanol–water partition coefficient (Wildman–Crippen LogP) is 5.20. The fourth-order valence-corrected chi connectivity index (χ4v) is 2.23. The van der Waals surface area contributed by atoms with Gasteiger partial charge in [-0.15, -0.1) is 12.4 Å². The number of hydrogen-bond donors (Lipinski definition) is 1. The minimum absolute atomic E-state index is 0. The summed E-state index contributed by atoms with van der Waals surface area (Å²) in [4.78, 5) is 7.84. The van der Waals surface area contributed by atoms with E-state index in [0.29, 0.717) is 5.92 Å². The summed E-state index contributed by atoms with van der Waals surface area (Å²) >= 11 is 0. The maximum absolute atomic E-state index is 5.79. The molecule has 1 heterocycles. The molecule has 0 bridgehead atoms. The van der Waals surface area contributed by atoms with Gasteiger partial charge in [-0.05, 0) is 18.1 Å². The fourth-order valence-electron chi connectivity index (χ4n) is 2.23. The molecule has 0 radical (unpaired) electrons. The van der Waals surface area contributed by atoms with E-state index < -0.39 is 0 Å². The van der Waals surface area contributed by atoms with Crippen LogP contribution in [0.5, 0.6) is 5.75 Å². The molecule has 0 saturated carbocycles. The molecule has 4 heteroatoms. The lowest BCUT2D eigenvalue weighted by Crippen LogP contribution is -2.04. The first-order valence-electron chi connectivity index (χ1n) is 7.56. The van der Waals surface area contributed by atoms with Crippen LogP contribution >= 0.6 is 12.4 Å². The van der Waals surface area contributed by atoms with Crippen LogP contribution in [0.25, 0.3) is 22.6 Å². The van der Waals surface area contributed by atoms with E-state index in [1.165, 1.54) is 0 Å². The van der Waals surface area contributed by atoms with Gasteiger partial charge in [0.05, 0.1) is 18.5 Å². The molecule has 3 aromatic rings. The molecule has 1 N–H and O–H groups in total. The molecule has 0 amide bonds. The Kier molecular flexibility index (Phi) is 5.83. The third-order valence-corrected chi connectivity index (χ3v) is 3.35. The Balaban J connectivity index is 0.00000192. The molecule has 1 aromatic heterocycles. The SMILES string of the molecule is CC(C)COc1cccc(-c2cnc(-c3ccccc3)[nH]2)c1.Cl. The highest BCUT2D eigenvalue weighted by atomic mass is 35.5. The van der Waals surface area contributed by atoms with Crippen LogP contribution < -0.4 is 4.74 Å². The van der Waals surface area contributed by atoms with Crippen LogP contribution in [0.3, 0.4) is 0 Å². The number of halogens is 1. The second-order valence-corrected chi connectivity index (χ2v) is 5.74. The van der Waals surface area contributed by atoms with Crippen molar-refractivity contribution in [1.29, 1.82) is 0 Å². The van der Waals surface area contributed by atoms with Crippen molar-refractivity contribution in [3.63, 3.8) is 0 Å². The zero-order valence-corrected chi connectivity index (χ0v) is 14.1. The van der Waals surface area contributed by atoms with Gasteiger partial charge < -0.3 is 9.72 Å². The summed E-state index contributed by atoms with van der Waals surface area (Å²) in [5.41, 5.74) is 3.16. The van der Waals surface area contributed by atoms with Crippen LogP contribution in [0.4, 0.5) is 0 Å². The van der Waals surface area contributed by atoms with Gasteiger partial charge >= 0.3 is 0 Å². The number of benzene rings is 2. The first-order chi connectivity index (χ1) is 10.7. The van der Waals surface area contributed by atoms with Gasteiger partial charge in [-0.2, -0.15) is 0 Å². The standard InChI is InChI=1S/C19H20N2O.ClH/c1-14(2)13-22-17-10-6-9-16(11-17)18-12-20-19(21-18)15-7-4-3-5-8-15;/h3-12,14H,13H2,1-2H3,(H,20,21);1H. The molecule has 0 aliphatic rings. The van der Waals surface area contributed by atoms with Crippen LogP contribution in [-0.4, -0.2) is 16.6 Å². The van der Waals surface area contributed by atoms with Crippen LogP contribution in [0.15, 0.2) is 60.8 Å². The van der Waals surface area contributed by atoms with Crippen LogP contribution in [0.1, 0.15) is 13.8 Å². The number of hydrogen-bond acceptors (Lipinski definition) is 2. The maximum Gasteiger partial charge on any atom is 0.137 e. The van der Waals surface area contributed by atoms with Gasteiger partial charge in [-0.3, -0.25) is 0 Å². The van der Waals surface area contributed by atoms with Crippen molar-refractivity contribution in [3.8, 4) is 28.4 Å². The molecule has 0 saturated heterocycles. The van der Waals surface area contributed by atoms with E-state index in [2.05, 4.69) is 29.9 Å². The number of nitrogens with one attached hydrogen (secondary N) is 1. The molecule has 0 spiro atoms. The summed E-state index contributed by atoms with van der Waals surface area (Å²) in [6, 6.07) is 18.2. The molecule has 0 aliphatic carbocycles. The summed E-state index contributed by atoms with van der Waals surface area (Å²) in [6.45, 7) is 5.01. The van der Waals surface area contributed by atoms with E-state index in [4.69, 9.17) is 4.74 Å². The van der Waals surface area contributed by atoms with E-state index >= 15 is 0 Å². The molecule has 3 nitrogen and oxygen atoms in total. The lowest BCUT2D eigenvalue weighted by atomic mass is 10.1. The maximum atomic E-state index is 5.79. The lowest BCUT2D eigenvalue weighted by Gasteiger charge is -2.09. The summed E-state index contributed by atoms with van der Waals surface area (Å²) in [7, 11) is 0. The minimum Gasteiger partial charge on any atom is -0.493 e. The van der Waals surface area contributed by atoms with Gasteiger partial charge in [0.25, 0.3) is 0 Å². The molecule has 3 rings (SSSR count). The average Bonchev–Trinajstić information content (AvgIpc) is 3.04. The fraction of sp³-hybridized carbons (Fsp3) is 0.211. The first kappa shape index (κ1) is 17.1. The third-order valence-electron chi connectivity index (χ3n) is 3.35. The first-order valence-corrected chi connectivity index (χ1v) is 7.56. The Bertz CT molecular complexity index is 738. The number of rotatable bonds is 5. The van der Waals surface area contributed by atoms with Crippen molar-refractivity contribution in [3.05, 3.63) is 60.8 Å². The Labute approximate surface area is 143 Å². The van der Waals surface area contributed by atoms with Crippen molar-refractivity contribution in [2.75, 3.05) is 6.61 Å². The summed E-state index contributed by atoms with van der Waals surface area (Å²) in [5.74, 6) is 2.28. The quantitative estimate of drug-likeness (QED) is 0.699. The highest BCUT2D eigenvalue weighted by Crippen LogP contribution is 2.25. The van der Waals surface area contributed by atoms with Crippen molar-refractivity contribution in [1.82, 2.24) is 9.97 Å². The van der Waals surface area contributed by atoms with E-state index in [1.807, 2.05) is 54.7 Å². The second kappa shape index (κ2) is 7.84. The highest BCUT2D eigenvalue weighted by molar-refractivity contribution is 5.85. The summed E-state index contributed by atoms with van der Waals surface area (Å²) in [5, 5.41) is 0. The predicted molar refractivity (Wildman–Crippen MR) is 97.0 cm³/mol. The number of H-pyrrole nitrogens is 1. The van der Waals surface area contributed by atoms with Gasteiger partial charge in [0.2, 0.25) is 0 Å².